The molecule has 0 aliphatic heterocycles. The Bertz CT molecular complexity index is 555. The molecule has 0 saturated heterocycles. The molecule has 0 aliphatic rings. The summed E-state index contributed by atoms with van der Waals surface area (Å²) in [7, 11) is 0. The number of halogens is 1. The summed E-state index contributed by atoms with van der Waals surface area (Å²) >= 11 is 7.73. The molecule has 0 heterocycles. The predicted octanol–water partition coefficient (Wildman–Crippen LogP) is 4.51. The fraction of sp³-hybridized carbons (Fsp3) is 0.0714. The average Bonchev–Trinajstić information content (AvgIpc) is 2.41. The van der Waals surface area contributed by atoms with Crippen LogP contribution in [0.5, 0.6) is 0 Å². The van der Waals surface area contributed by atoms with E-state index < -0.39 is 0 Å². The maximum absolute atomic E-state index is 6.03. The second-order valence-corrected chi connectivity index (χ2v) is 4.91. The van der Waals surface area contributed by atoms with Gasteiger partial charge >= 0.3 is 0 Å². The highest BCUT2D eigenvalue weighted by atomic mass is 35.5. The first-order valence-electron chi connectivity index (χ1n) is 5.47. The van der Waals surface area contributed by atoms with Crippen molar-refractivity contribution in [1.82, 2.24) is 0 Å². The fourth-order valence-electron chi connectivity index (χ4n) is 1.45. The fourth-order valence-corrected chi connectivity index (χ4v) is 2.09. The van der Waals surface area contributed by atoms with Crippen molar-refractivity contribution in [2.45, 2.75) is 4.90 Å². The lowest BCUT2D eigenvalue weighted by atomic mass is 10.2. The van der Waals surface area contributed by atoms with Gasteiger partial charge in [0, 0.05) is 15.5 Å². The van der Waals surface area contributed by atoms with Gasteiger partial charge in [-0.25, -0.2) is 0 Å². The number of anilines is 1. The summed E-state index contributed by atoms with van der Waals surface area (Å²) in [6.07, 6.45) is 3.76. The van der Waals surface area contributed by atoms with Gasteiger partial charge in [-0.05, 0) is 30.5 Å². The Balaban J connectivity index is 2.05. The number of hydrogen-bond acceptors (Lipinski definition) is 3. The maximum Gasteiger partial charge on any atom is 0.0572 e. The number of rotatable bonds is 4. The zero-order valence-electron chi connectivity index (χ0n) is 9.93. The molecule has 0 atom stereocenters. The van der Waals surface area contributed by atoms with Crippen molar-refractivity contribution in [1.29, 1.82) is 0 Å². The first kappa shape index (κ1) is 13.0. The van der Waals surface area contributed by atoms with E-state index in [-0.39, 0.29) is 0 Å². The Morgan fingerprint density at radius 3 is 2.78 bits per heavy atom. The largest absolute Gasteiger partial charge is 0.278 e. The van der Waals surface area contributed by atoms with E-state index >= 15 is 0 Å². The summed E-state index contributed by atoms with van der Waals surface area (Å²) in [5.74, 6) is 0. The summed E-state index contributed by atoms with van der Waals surface area (Å²) in [5.41, 5.74) is 4.85. The second kappa shape index (κ2) is 6.47. The highest BCUT2D eigenvalue weighted by Gasteiger charge is 1.95. The monoisotopic (exact) mass is 276 g/mol. The van der Waals surface area contributed by atoms with Gasteiger partial charge in [-0.3, -0.25) is 5.43 Å². The van der Waals surface area contributed by atoms with E-state index in [9.17, 15) is 0 Å². The lowest BCUT2D eigenvalue weighted by molar-refractivity contribution is 1.32. The van der Waals surface area contributed by atoms with Crippen LogP contribution in [0, 0.1) is 0 Å². The zero-order chi connectivity index (χ0) is 12.8. The number of hydrazone groups is 1. The van der Waals surface area contributed by atoms with Gasteiger partial charge in [-0.15, -0.1) is 11.8 Å². The van der Waals surface area contributed by atoms with Crippen molar-refractivity contribution in [2.24, 2.45) is 5.10 Å². The predicted molar refractivity (Wildman–Crippen MR) is 80.9 cm³/mol. The molecule has 18 heavy (non-hydrogen) atoms. The summed E-state index contributed by atoms with van der Waals surface area (Å²) < 4.78 is 0. The molecule has 0 amide bonds. The molecular weight excluding hydrogens is 264 g/mol. The van der Waals surface area contributed by atoms with Gasteiger partial charge in [0.2, 0.25) is 0 Å². The van der Waals surface area contributed by atoms with Crippen molar-refractivity contribution in [3.63, 3.8) is 0 Å². The van der Waals surface area contributed by atoms with E-state index in [2.05, 4.69) is 22.7 Å². The average molecular weight is 277 g/mol. The van der Waals surface area contributed by atoms with Crippen molar-refractivity contribution in [3.8, 4) is 0 Å². The molecule has 2 aromatic carbocycles. The molecule has 0 fully saturated rings. The van der Waals surface area contributed by atoms with Crippen molar-refractivity contribution < 1.29 is 0 Å². The van der Waals surface area contributed by atoms with Crippen LogP contribution in [0.1, 0.15) is 5.56 Å². The lowest BCUT2D eigenvalue weighted by Crippen LogP contribution is -1.91. The number of hydrogen-bond donors (Lipinski definition) is 1. The van der Waals surface area contributed by atoms with Crippen LogP contribution in [0.2, 0.25) is 5.02 Å². The molecule has 0 spiro atoms. The third-order valence-corrected chi connectivity index (χ3v) is 3.44. The molecule has 0 aromatic heterocycles. The summed E-state index contributed by atoms with van der Waals surface area (Å²) in [4.78, 5) is 1.20. The normalized spacial score (nSPS) is 10.8. The first-order valence-corrected chi connectivity index (χ1v) is 7.07. The number of nitrogens with zero attached hydrogens (tertiary/aromatic N) is 1. The quantitative estimate of drug-likeness (QED) is 0.505. The summed E-state index contributed by atoms with van der Waals surface area (Å²) in [6, 6.07) is 15.7. The molecule has 2 nitrogen and oxygen atoms in total. The van der Waals surface area contributed by atoms with Crippen LogP contribution in [0.4, 0.5) is 5.69 Å². The molecular formula is C14H13ClN2S. The number of benzene rings is 2. The van der Waals surface area contributed by atoms with Gasteiger partial charge in [-0.2, -0.15) is 5.10 Å². The molecule has 2 aromatic rings. The van der Waals surface area contributed by atoms with Crippen LogP contribution in [0.25, 0.3) is 0 Å². The Morgan fingerprint density at radius 2 is 2.00 bits per heavy atom. The molecule has 2 rings (SSSR count). The Hall–Kier alpha value is -1.45. The Morgan fingerprint density at radius 1 is 1.17 bits per heavy atom. The third-order valence-electron chi connectivity index (χ3n) is 2.37. The van der Waals surface area contributed by atoms with Gasteiger partial charge < -0.3 is 0 Å². The van der Waals surface area contributed by atoms with Gasteiger partial charge in [0.05, 0.1) is 11.9 Å². The van der Waals surface area contributed by atoms with Crippen LogP contribution in [-0.4, -0.2) is 12.5 Å². The minimum Gasteiger partial charge on any atom is -0.278 e. The van der Waals surface area contributed by atoms with Gasteiger partial charge in [0.15, 0.2) is 0 Å². The van der Waals surface area contributed by atoms with E-state index in [1.165, 1.54) is 4.90 Å². The molecule has 0 bridgehead atoms. The molecule has 4 heteroatoms. The maximum atomic E-state index is 6.03. The van der Waals surface area contributed by atoms with Crippen molar-refractivity contribution in [3.05, 3.63) is 59.1 Å². The van der Waals surface area contributed by atoms with Crippen LogP contribution < -0.4 is 5.43 Å². The Labute approximate surface area is 116 Å². The van der Waals surface area contributed by atoms with E-state index in [4.69, 9.17) is 11.6 Å². The SMILES string of the molecule is CSc1cccc(N/N=C\c2ccccc2Cl)c1. The second-order valence-electron chi connectivity index (χ2n) is 3.62. The summed E-state index contributed by atoms with van der Waals surface area (Å²) in [5, 5.41) is 4.87. The zero-order valence-corrected chi connectivity index (χ0v) is 11.5. The molecule has 0 saturated carbocycles. The number of thioether (sulfide) groups is 1. The minimum atomic E-state index is 0.695. The standard InChI is InChI=1S/C14H13ClN2S/c1-18-13-7-4-6-12(9-13)17-16-10-11-5-2-3-8-14(11)15/h2-10,17H,1H3/b16-10-. The van der Waals surface area contributed by atoms with E-state index in [1.807, 2.05) is 42.7 Å². The van der Waals surface area contributed by atoms with Gasteiger partial charge in [0.1, 0.15) is 0 Å². The molecule has 0 aliphatic carbocycles. The highest BCUT2D eigenvalue weighted by Crippen LogP contribution is 2.19. The summed E-state index contributed by atoms with van der Waals surface area (Å²) in [6.45, 7) is 0. The highest BCUT2D eigenvalue weighted by molar-refractivity contribution is 7.98. The number of nitrogens with one attached hydrogen (secondary N) is 1. The minimum absolute atomic E-state index is 0.695. The molecule has 0 radical (unpaired) electrons. The van der Waals surface area contributed by atoms with Crippen molar-refractivity contribution >= 4 is 35.3 Å². The van der Waals surface area contributed by atoms with Crippen LogP contribution >= 0.6 is 23.4 Å². The Kier molecular flexibility index (Phi) is 4.67. The van der Waals surface area contributed by atoms with Crippen LogP contribution in [0.15, 0.2) is 58.5 Å². The smallest absolute Gasteiger partial charge is 0.0572 e. The first-order chi connectivity index (χ1) is 8.79. The molecule has 92 valence electrons. The van der Waals surface area contributed by atoms with E-state index in [0.29, 0.717) is 5.02 Å². The van der Waals surface area contributed by atoms with Gasteiger partial charge in [-0.1, -0.05) is 35.9 Å². The molecule has 1 N–H and O–H groups in total. The third kappa shape index (κ3) is 3.52. The lowest BCUT2D eigenvalue weighted by Gasteiger charge is -2.02. The van der Waals surface area contributed by atoms with Gasteiger partial charge in [0.25, 0.3) is 0 Å². The van der Waals surface area contributed by atoms with E-state index in [0.717, 1.165) is 11.3 Å². The van der Waals surface area contributed by atoms with Crippen LogP contribution in [0.3, 0.4) is 0 Å². The van der Waals surface area contributed by atoms with Crippen LogP contribution in [-0.2, 0) is 0 Å². The van der Waals surface area contributed by atoms with E-state index in [1.54, 1.807) is 18.0 Å². The van der Waals surface area contributed by atoms with Crippen molar-refractivity contribution in [2.75, 3.05) is 11.7 Å². The molecule has 0 unspecified atom stereocenters. The topological polar surface area (TPSA) is 24.4 Å².